The van der Waals surface area contributed by atoms with Gasteiger partial charge in [0, 0.05) is 22.4 Å². The molecule has 320 valence electrons. The zero-order chi connectivity index (χ0) is 43.3. The van der Waals surface area contributed by atoms with E-state index in [0.29, 0.717) is 0 Å². The predicted octanol–water partition coefficient (Wildman–Crippen LogP) is 16.9. The van der Waals surface area contributed by atoms with Gasteiger partial charge < -0.3 is 4.90 Å². The number of hydrogen-bond acceptors (Lipinski definition) is 1. The van der Waals surface area contributed by atoms with E-state index in [1.165, 1.54) is 130 Å². The van der Waals surface area contributed by atoms with Crippen LogP contribution in [-0.2, 0) is 27.1 Å². The second-order valence-electron chi connectivity index (χ2n) is 23.8. The van der Waals surface area contributed by atoms with Crippen LogP contribution < -0.4 is 4.90 Å². The molecule has 4 fully saturated rings. The smallest absolute Gasteiger partial charge is 0.0543 e. The van der Waals surface area contributed by atoms with Crippen molar-refractivity contribution in [1.82, 2.24) is 0 Å². The van der Waals surface area contributed by atoms with Crippen LogP contribution in [0, 0.1) is 23.7 Å². The van der Waals surface area contributed by atoms with Gasteiger partial charge in [0.25, 0.3) is 0 Å². The van der Waals surface area contributed by atoms with Gasteiger partial charge in [-0.15, -0.1) is 0 Å². The lowest BCUT2D eigenvalue weighted by molar-refractivity contribution is -0.0399. The van der Waals surface area contributed by atoms with Gasteiger partial charge in [0.15, 0.2) is 0 Å². The molecule has 1 heteroatoms. The molecule has 4 saturated carbocycles. The fourth-order valence-corrected chi connectivity index (χ4v) is 15.3. The van der Waals surface area contributed by atoms with Gasteiger partial charge in [-0.05, 0) is 195 Å². The van der Waals surface area contributed by atoms with Gasteiger partial charge in [-0.2, -0.15) is 0 Å². The molecular weight excluding hydrogens is 759 g/mol. The molecule has 0 radical (unpaired) electrons. The summed E-state index contributed by atoms with van der Waals surface area (Å²) in [5.74, 6) is 3.31. The molecule has 0 unspecified atom stereocenters. The molecule has 6 aromatic carbocycles. The van der Waals surface area contributed by atoms with Crippen molar-refractivity contribution >= 4 is 17.1 Å². The van der Waals surface area contributed by atoms with E-state index < -0.39 is 0 Å². The number of fused-ring (bicyclic) bond motifs is 5. The molecule has 1 nitrogen and oxygen atoms in total. The zero-order valence-corrected chi connectivity index (χ0v) is 39.2. The van der Waals surface area contributed by atoms with Crippen LogP contribution in [0.4, 0.5) is 17.1 Å². The van der Waals surface area contributed by atoms with E-state index >= 15 is 0 Å². The summed E-state index contributed by atoms with van der Waals surface area (Å²) in [6, 6.07) is 50.5. The summed E-state index contributed by atoms with van der Waals surface area (Å²) in [6.45, 7) is 19.6. The highest BCUT2D eigenvalue weighted by molar-refractivity contribution is 5.96. The molecule has 0 heterocycles. The van der Waals surface area contributed by atoms with Gasteiger partial charge in [-0.25, -0.2) is 0 Å². The third-order valence-electron chi connectivity index (χ3n) is 18.4. The highest BCUT2D eigenvalue weighted by Gasteiger charge is 2.62. The Morgan fingerprint density at radius 1 is 0.381 bits per heavy atom. The highest BCUT2D eigenvalue weighted by atomic mass is 15.1. The molecule has 7 aliphatic carbocycles. The van der Waals surface area contributed by atoms with E-state index in [1.54, 1.807) is 11.1 Å². The molecule has 6 aromatic rings. The van der Waals surface area contributed by atoms with E-state index in [-0.39, 0.29) is 27.1 Å². The summed E-state index contributed by atoms with van der Waals surface area (Å²) in [6.07, 6.45) is 11.9. The van der Waals surface area contributed by atoms with Gasteiger partial charge in [0.05, 0.1) is 5.69 Å². The van der Waals surface area contributed by atoms with Gasteiger partial charge >= 0.3 is 0 Å². The monoisotopic (exact) mass is 826 g/mol. The summed E-state index contributed by atoms with van der Waals surface area (Å²) in [5.41, 5.74) is 22.1. The van der Waals surface area contributed by atoms with Crippen LogP contribution in [0.3, 0.4) is 0 Å². The van der Waals surface area contributed by atoms with Gasteiger partial charge in [-0.3, -0.25) is 0 Å². The molecule has 1 spiro atoms. The van der Waals surface area contributed by atoms with Crippen LogP contribution in [0.15, 0.2) is 127 Å². The van der Waals surface area contributed by atoms with Crippen molar-refractivity contribution in [3.05, 3.63) is 161 Å². The normalized spacial score (nSPS) is 27.0. The maximum atomic E-state index is 2.61. The minimum Gasteiger partial charge on any atom is -0.310 e. The summed E-state index contributed by atoms with van der Waals surface area (Å²) < 4.78 is 0. The first-order chi connectivity index (χ1) is 30.2. The van der Waals surface area contributed by atoms with Crippen molar-refractivity contribution in [2.75, 3.05) is 4.90 Å². The quantitative estimate of drug-likeness (QED) is 0.167. The highest BCUT2D eigenvalue weighted by Crippen LogP contribution is 2.70. The number of nitrogens with zero attached hydrogens (tertiary/aromatic N) is 1. The van der Waals surface area contributed by atoms with Crippen LogP contribution in [-0.4, -0.2) is 0 Å². The first-order valence-electron chi connectivity index (χ1n) is 24.7. The molecule has 63 heavy (non-hydrogen) atoms. The van der Waals surface area contributed by atoms with E-state index in [9.17, 15) is 0 Å². The SMILES string of the molecule is CC1(C)CCC(C)(C)c2c(-c3ccc(N(c4ccc(-c5cccc6c5C(C)(C)CCC6(C)C)cc4)c4cccc5c4-c4ccccc4C54C5CC6CC(C5)CC4C6)cc3)cccc21. The van der Waals surface area contributed by atoms with E-state index in [0.717, 1.165) is 23.7 Å². The summed E-state index contributed by atoms with van der Waals surface area (Å²) in [7, 11) is 0. The van der Waals surface area contributed by atoms with E-state index in [4.69, 9.17) is 0 Å². The Hall–Kier alpha value is -4.88. The topological polar surface area (TPSA) is 3.24 Å². The lowest BCUT2D eigenvalue weighted by Crippen LogP contribution is -2.55. The first kappa shape index (κ1) is 39.7. The summed E-state index contributed by atoms with van der Waals surface area (Å²) >= 11 is 0. The standard InChI is InChI=1S/C62H67N/c1-58(2)30-32-60(5,6)56-47(15-11-19-52(56)58)41-22-26-45(27-23-41)63(46-28-24-42(25-29-46)48-16-12-20-53-57(48)61(7,8)33-31-59(53,3)4)54-21-13-18-51-55(54)49-14-9-10-17-50(49)62(51)43-35-39-34-40(37-43)38-44(62)36-39/h9-29,39-40,43-44H,30-38H2,1-8H3. The number of benzene rings is 6. The third-order valence-corrected chi connectivity index (χ3v) is 18.4. The maximum Gasteiger partial charge on any atom is 0.0543 e. The fraction of sp³-hybridized carbons (Fsp3) is 0.419. The van der Waals surface area contributed by atoms with Crippen molar-refractivity contribution in [1.29, 1.82) is 0 Å². The van der Waals surface area contributed by atoms with E-state index in [2.05, 4.69) is 188 Å². The molecule has 0 amide bonds. The summed E-state index contributed by atoms with van der Waals surface area (Å²) in [5, 5.41) is 0. The molecule has 0 atom stereocenters. The Kier molecular flexibility index (Phi) is 8.55. The van der Waals surface area contributed by atoms with Crippen LogP contribution in [0.25, 0.3) is 33.4 Å². The molecule has 0 N–H and O–H groups in total. The predicted molar refractivity (Wildman–Crippen MR) is 266 cm³/mol. The van der Waals surface area contributed by atoms with Gasteiger partial charge in [-0.1, -0.05) is 152 Å². The molecule has 0 aliphatic heterocycles. The van der Waals surface area contributed by atoms with Crippen molar-refractivity contribution < 1.29 is 0 Å². The van der Waals surface area contributed by atoms with Crippen LogP contribution in [0.2, 0.25) is 0 Å². The molecule has 13 rings (SSSR count). The summed E-state index contributed by atoms with van der Waals surface area (Å²) in [4.78, 5) is 2.61. The Morgan fingerprint density at radius 2 is 0.794 bits per heavy atom. The van der Waals surface area contributed by atoms with Crippen molar-refractivity contribution in [3.63, 3.8) is 0 Å². The minimum absolute atomic E-state index is 0.120. The van der Waals surface area contributed by atoms with Crippen molar-refractivity contribution in [2.45, 2.75) is 140 Å². The average Bonchev–Trinajstić information content (AvgIpc) is 3.57. The fourth-order valence-electron chi connectivity index (χ4n) is 15.3. The molecule has 0 saturated heterocycles. The molecular formula is C62H67N. The first-order valence-corrected chi connectivity index (χ1v) is 24.7. The van der Waals surface area contributed by atoms with Crippen LogP contribution in [0.5, 0.6) is 0 Å². The maximum absolute atomic E-state index is 2.61. The van der Waals surface area contributed by atoms with E-state index in [1.807, 2.05) is 0 Å². The third kappa shape index (κ3) is 5.72. The molecule has 0 aromatic heterocycles. The lowest BCUT2D eigenvalue weighted by atomic mass is 9.43. The Morgan fingerprint density at radius 3 is 1.30 bits per heavy atom. The number of anilines is 3. The molecule has 4 bridgehead atoms. The van der Waals surface area contributed by atoms with Gasteiger partial charge in [0.2, 0.25) is 0 Å². The number of rotatable bonds is 5. The Bertz CT molecular complexity index is 2640. The Labute approximate surface area is 378 Å². The minimum atomic E-state index is 0.120. The average molecular weight is 826 g/mol. The van der Waals surface area contributed by atoms with Gasteiger partial charge in [0.1, 0.15) is 0 Å². The zero-order valence-electron chi connectivity index (χ0n) is 39.2. The van der Waals surface area contributed by atoms with Crippen LogP contribution >= 0.6 is 0 Å². The van der Waals surface area contributed by atoms with Crippen molar-refractivity contribution in [3.8, 4) is 33.4 Å². The van der Waals surface area contributed by atoms with Crippen LogP contribution in [0.1, 0.15) is 147 Å². The lowest BCUT2D eigenvalue weighted by Gasteiger charge is -2.61. The Balaban J connectivity index is 1.03. The second-order valence-corrected chi connectivity index (χ2v) is 23.8. The molecule has 7 aliphatic rings. The number of hydrogen-bond donors (Lipinski definition) is 0. The second kappa shape index (κ2) is 13.6. The van der Waals surface area contributed by atoms with Crippen molar-refractivity contribution in [2.24, 2.45) is 23.7 Å². The largest absolute Gasteiger partial charge is 0.310 e.